The summed E-state index contributed by atoms with van der Waals surface area (Å²) in [6.07, 6.45) is 5.67. The molecule has 0 rings (SSSR count). The zero-order valence-electron chi connectivity index (χ0n) is 7.85. The van der Waals surface area contributed by atoms with Crippen LogP contribution in [0.15, 0.2) is 0 Å². The van der Waals surface area contributed by atoms with E-state index in [1.807, 2.05) is 6.92 Å². The molecule has 1 amide bonds. The van der Waals surface area contributed by atoms with Crippen LogP contribution >= 0.6 is 0 Å². The third-order valence-corrected chi connectivity index (χ3v) is 1.64. The summed E-state index contributed by atoms with van der Waals surface area (Å²) >= 11 is 0. The maximum Gasteiger partial charge on any atom is 0.237 e. The molecule has 12 heavy (non-hydrogen) atoms. The fourth-order valence-corrected chi connectivity index (χ4v) is 0.727. The van der Waals surface area contributed by atoms with Gasteiger partial charge in [-0.3, -0.25) is 4.79 Å². The number of carbonyl (C=O) groups is 1. The molecule has 0 aliphatic carbocycles. The molecule has 3 heteroatoms. The molecule has 0 radical (unpaired) electrons. The summed E-state index contributed by atoms with van der Waals surface area (Å²) in [6.45, 7) is 3.69. The highest BCUT2D eigenvalue weighted by atomic mass is 16.2. The maximum atomic E-state index is 11.2. The van der Waals surface area contributed by atoms with Crippen molar-refractivity contribution in [3.63, 3.8) is 0 Å². The Balaban J connectivity index is 3.77. The molecule has 0 aromatic rings. The van der Waals surface area contributed by atoms with Gasteiger partial charge in [-0.05, 0) is 20.9 Å². The summed E-state index contributed by atoms with van der Waals surface area (Å²) < 4.78 is 0. The van der Waals surface area contributed by atoms with Gasteiger partial charge in [-0.1, -0.05) is 0 Å². The van der Waals surface area contributed by atoms with Crippen LogP contribution in [0.25, 0.3) is 0 Å². The van der Waals surface area contributed by atoms with Crippen LogP contribution in [0.1, 0.15) is 20.3 Å². The number of hydrogen-bond donors (Lipinski definition) is 2. The van der Waals surface area contributed by atoms with Gasteiger partial charge in [0.2, 0.25) is 5.91 Å². The standard InChI is InChI=1S/C9H16N2O/c1-5-6-7(2)11-9(12)8(3)10-4/h1,7-8,10H,6H2,2-4H3,(H,11,12). The van der Waals surface area contributed by atoms with E-state index in [9.17, 15) is 4.79 Å². The Morgan fingerprint density at radius 1 is 1.58 bits per heavy atom. The second-order valence-electron chi connectivity index (χ2n) is 2.83. The van der Waals surface area contributed by atoms with E-state index in [1.54, 1.807) is 14.0 Å². The van der Waals surface area contributed by atoms with Crippen molar-refractivity contribution >= 4 is 5.91 Å². The van der Waals surface area contributed by atoms with E-state index in [2.05, 4.69) is 16.6 Å². The van der Waals surface area contributed by atoms with Crippen molar-refractivity contribution in [1.29, 1.82) is 0 Å². The first-order valence-corrected chi connectivity index (χ1v) is 4.03. The zero-order chi connectivity index (χ0) is 9.56. The van der Waals surface area contributed by atoms with E-state index in [1.165, 1.54) is 0 Å². The van der Waals surface area contributed by atoms with Gasteiger partial charge in [0.1, 0.15) is 0 Å². The average Bonchev–Trinajstić information content (AvgIpc) is 2.03. The van der Waals surface area contributed by atoms with Crippen LogP contribution in [0.3, 0.4) is 0 Å². The second kappa shape index (κ2) is 5.62. The first kappa shape index (κ1) is 11.0. The minimum Gasteiger partial charge on any atom is -0.351 e. The van der Waals surface area contributed by atoms with Crippen molar-refractivity contribution in [2.45, 2.75) is 32.4 Å². The minimum atomic E-state index is -0.162. The largest absolute Gasteiger partial charge is 0.351 e. The van der Waals surface area contributed by atoms with Crippen LogP contribution in [0, 0.1) is 12.3 Å². The first-order valence-electron chi connectivity index (χ1n) is 4.03. The maximum absolute atomic E-state index is 11.2. The number of likely N-dealkylation sites (N-methyl/N-ethyl adjacent to an activating group) is 1. The number of carbonyl (C=O) groups excluding carboxylic acids is 1. The highest BCUT2D eigenvalue weighted by Crippen LogP contribution is 1.89. The number of rotatable bonds is 4. The molecule has 0 bridgehead atoms. The van der Waals surface area contributed by atoms with Crippen LogP contribution in [0.2, 0.25) is 0 Å². The molecule has 3 nitrogen and oxygen atoms in total. The van der Waals surface area contributed by atoms with Gasteiger partial charge in [0.15, 0.2) is 0 Å². The molecule has 0 aliphatic heterocycles. The lowest BCUT2D eigenvalue weighted by molar-refractivity contribution is -0.123. The summed E-state index contributed by atoms with van der Waals surface area (Å²) in [7, 11) is 1.75. The van der Waals surface area contributed by atoms with E-state index >= 15 is 0 Å². The predicted octanol–water partition coefficient (Wildman–Crippen LogP) is 0.122. The van der Waals surface area contributed by atoms with E-state index in [0.717, 1.165) is 0 Å². The Hall–Kier alpha value is -1.01. The van der Waals surface area contributed by atoms with Gasteiger partial charge in [-0.15, -0.1) is 12.3 Å². The van der Waals surface area contributed by atoms with E-state index in [0.29, 0.717) is 6.42 Å². The Kier molecular flexibility index (Phi) is 5.14. The minimum absolute atomic E-state index is 0.0137. The van der Waals surface area contributed by atoms with Crippen LogP contribution in [-0.2, 0) is 4.79 Å². The molecule has 0 fully saturated rings. The SMILES string of the molecule is C#CCC(C)NC(=O)C(C)NC. The normalized spacial score (nSPS) is 14.5. The van der Waals surface area contributed by atoms with E-state index < -0.39 is 0 Å². The molecular formula is C9H16N2O. The quantitative estimate of drug-likeness (QED) is 0.585. The van der Waals surface area contributed by atoms with Crippen LogP contribution in [0.4, 0.5) is 0 Å². The summed E-state index contributed by atoms with van der Waals surface area (Å²) in [5.74, 6) is 2.48. The highest BCUT2D eigenvalue weighted by Gasteiger charge is 2.11. The number of nitrogens with one attached hydrogen (secondary N) is 2. The van der Waals surface area contributed by atoms with Crippen molar-refractivity contribution in [2.24, 2.45) is 0 Å². The van der Waals surface area contributed by atoms with E-state index in [-0.39, 0.29) is 18.0 Å². The Bertz CT molecular complexity index is 183. The molecule has 0 heterocycles. The van der Waals surface area contributed by atoms with Crippen LogP contribution < -0.4 is 10.6 Å². The summed E-state index contributed by atoms with van der Waals surface area (Å²) in [4.78, 5) is 11.2. The summed E-state index contributed by atoms with van der Waals surface area (Å²) in [5, 5.41) is 5.64. The Morgan fingerprint density at radius 2 is 2.17 bits per heavy atom. The molecule has 0 saturated heterocycles. The van der Waals surface area contributed by atoms with Gasteiger partial charge < -0.3 is 10.6 Å². The summed E-state index contributed by atoms with van der Waals surface area (Å²) in [5.41, 5.74) is 0. The van der Waals surface area contributed by atoms with Crippen molar-refractivity contribution in [3.8, 4) is 12.3 Å². The molecule has 68 valence electrons. The first-order chi connectivity index (χ1) is 5.61. The lowest BCUT2D eigenvalue weighted by Crippen LogP contribution is -2.44. The van der Waals surface area contributed by atoms with Crippen LogP contribution in [-0.4, -0.2) is 25.0 Å². The van der Waals surface area contributed by atoms with Gasteiger partial charge in [0.05, 0.1) is 6.04 Å². The molecule has 2 unspecified atom stereocenters. The Labute approximate surface area is 73.9 Å². The Morgan fingerprint density at radius 3 is 2.58 bits per heavy atom. The van der Waals surface area contributed by atoms with Crippen molar-refractivity contribution in [1.82, 2.24) is 10.6 Å². The predicted molar refractivity (Wildman–Crippen MR) is 49.6 cm³/mol. The topological polar surface area (TPSA) is 41.1 Å². The van der Waals surface area contributed by atoms with Crippen LogP contribution in [0.5, 0.6) is 0 Å². The number of terminal acetylenes is 1. The van der Waals surface area contributed by atoms with Crippen molar-refractivity contribution < 1.29 is 4.79 Å². The van der Waals surface area contributed by atoms with Crippen molar-refractivity contribution in [2.75, 3.05) is 7.05 Å². The number of hydrogen-bond acceptors (Lipinski definition) is 2. The fraction of sp³-hybridized carbons (Fsp3) is 0.667. The molecule has 0 saturated carbocycles. The lowest BCUT2D eigenvalue weighted by Gasteiger charge is -2.14. The molecule has 2 atom stereocenters. The average molecular weight is 168 g/mol. The smallest absolute Gasteiger partial charge is 0.237 e. The number of amides is 1. The molecule has 0 aromatic carbocycles. The van der Waals surface area contributed by atoms with Gasteiger partial charge in [0, 0.05) is 12.5 Å². The molecular weight excluding hydrogens is 152 g/mol. The monoisotopic (exact) mass is 168 g/mol. The molecule has 0 aromatic heterocycles. The molecule has 0 spiro atoms. The third-order valence-electron chi connectivity index (χ3n) is 1.64. The highest BCUT2D eigenvalue weighted by molar-refractivity contribution is 5.81. The van der Waals surface area contributed by atoms with E-state index in [4.69, 9.17) is 6.42 Å². The molecule has 0 aliphatic rings. The van der Waals surface area contributed by atoms with Gasteiger partial charge in [-0.25, -0.2) is 0 Å². The zero-order valence-corrected chi connectivity index (χ0v) is 7.85. The van der Waals surface area contributed by atoms with Gasteiger partial charge in [0.25, 0.3) is 0 Å². The lowest BCUT2D eigenvalue weighted by atomic mass is 10.2. The fourth-order valence-electron chi connectivity index (χ4n) is 0.727. The van der Waals surface area contributed by atoms with Gasteiger partial charge >= 0.3 is 0 Å². The summed E-state index contributed by atoms with van der Waals surface area (Å²) in [6, 6.07) is -0.108. The second-order valence-corrected chi connectivity index (χ2v) is 2.83. The third kappa shape index (κ3) is 3.99. The van der Waals surface area contributed by atoms with Crippen molar-refractivity contribution in [3.05, 3.63) is 0 Å². The molecule has 2 N–H and O–H groups in total. The van der Waals surface area contributed by atoms with Gasteiger partial charge in [-0.2, -0.15) is 0 Å².